The largest absolute Gasteiger partial charge is 0.419 e. The van der Waals surface area contributed by atoms with E-state index in [0.29, 0.717) is 11.3 Å². The molecule has 2 aromatic rings. The number of halogens is 1. The number of benzene rings is 1. The van der Waals surface area contributed by atoms with Crippen molar-refractivity contribution in [3.05, 3.63) is 28.7 Å². The summed E-state index contributed by atoms with van der Waals surface area (Å²) in [5.41, 5.74) is 1.87. The highest BCUT2D eigenvalue weighted by Crippen LogP contribution is 2.20. The number of piperidine rings is 1. The van der Waals surface area contributed by atoms with Crippen LogP contribution in [0.2, 0.25) is 0 Å². The van der Waals surface area contributed by atoms with E-state index in [1.165, 1.54) is 4.57 Å². The van der Waals surface area contributed by atoms with Crippen molar-refractivity contribution in [2.45, 2.75) is 12.8 Å². The van der Waals surface area contributed by atoms with Gasteiger partial charge in [-0.25, -0.2) is 4.79 Å². The van der Waals surface area contributed by atoms with Crippen molar-refractivity contribution in [1.82, 2.24) is 9.88 Å². The molecule has 3 rings (SSSR count). The summed E-state index contributed by atoms with van der Waals surface area (Å²) in [4.78, 5) is 23.6. The number of amides is 1. The number of fused-ring (bicyclic) bond motifs is 1. The lowest BCUT2D eigenvalue weighted by atomic mass is 9.97. The van der Waals surface area contributed by atoms with Gasteiger partial charge in [-0.05, 0) is 38.1 Å². The summed E-state index contributed by atoms with van der Waals surface area (Å²) >= 11 is 0. The van der Waals surface area contributed by atoms with Crippen LogP contribution in [0.4, 0.5) is 5.69 Å². The lowest BCUT2D eigenvalue weighted by Gasteiger charge is -2.21. The number of aryl methyl sites for hydroxylation is 1. The van der Waals surface area contributed by atoms with E-state index in [-0.39, 0.29) is 24.2 Å². The molecule has 1 aromatic carbocycles. The van der Waals surface area contributed by atoms with Gasteiger partial charge < -0.3 is 15.1 Å². The van der Waals surface area contributed by atoms with E-state index in [9.17, 15) is 9.59 Å². The van der Waals surface area contributed by atoms with Crippen molar-refractivity contribution >= 4 is 35.1 Å². The molecule has 1 aliphatic rings. The van der Waals surface area contributed by atoms with Crippen LogP contribution in [0.1, 0.15) is 12.8 Å². The number of nitrogens with zero attached hydrogens (tertiary/aromatic N) is 1. The van der Waals surface area contributed by atoms with Crippen molar-refractivity contribution < 1.29 is 9.21 Å². The zero-order valence-corrected chi connectivity index (χ0v) is 12.5. The van der Waals surface area contributed by atoms with Gasteiger partial charge in [-0.1, -0.05) is 0 Å². The molecule has 0 saturated carbocycles. The van der Waals surface area contributed by atoms with E-state index < -0.39 is 5.76 Å². The second kappa shape index (κ2) is 6.32. The molecule has 1 fully saturated rings. The Morgan fingerprint density at radius 2 is 2.10 bits per heavy atom. The molecule has 0 atom stereocenters. The van der Waals surface area contributed by atoms with E-state index in [2.05, 4.69) is 10.6 Å². The van der Waals surface area contributed by atoms with Crippen molar-refractivity contribution in [3.63, 3.8) is 0 Å². The first kappa shape index (κ1) is 15.6. The van der Waals surface area contributed by atoms with Gasteiger partial charge in [0.1, 0.15) is 0 Å². The van der Waals surface area contributed by atoms with Crippen LogP contribution in [0.5, 0.6) is 0 Å². The first-order valence-corrected chi connectivity index (χ1v) is 6.76. The van der Waals surface area contributed by atoms with Gasteiger partial charge >= 0.3 is 5.76 Å². The average Bonchev–Trinajstić information content (AvgIpc) is 2.74. The van der Waals surface area contributed by atoms with Gasteiger partial charge in [0.05, 0.1) is 5.52 Å². The van der Waals surface area contributed by atoms with Crippen LogP contribution in [-0.4, -0.2) is 23.6 Å². The van der Waals surface area contributed by atoms with Gasteiger partial charge in [0.2, 0.25) is 5.91 Å². The fourth-order valence-electron chi connectivity index (χ4n) is 2.54. The number of nitrogens with one attached hydrogen (secondary N) is 2. The number of hydrogen-bond donors (Lipinski definition) is 2. The Bertz CT molecular complexity index is 701. The summed E-state index contributed by atoms with van der Waals surface area (Å²) in [6.07, 6.45) is 1.71. The Balaban J connectivity index is 0.00000161. The molecule has 0 spiro atoms. The third-order valence-corrected chi connectivity index (χ3v) is 3.77. The average molecular weight is 312 g/mol. The zero-order chi connectivity index (χ0) is 14.1. The van der Waals surface area contributed by atoms with Crippen molar-refractivity contribution in [2.75, 3.05) is 18.4 Å². The number of carbonyl (C=O) groups is 1. The molecule has 0 unspecified atom stereocenters. The minimum atomic E-state index is -0.401. The van der Waals surface area contributed by atoms with Gasteiger partial charge in [-0.3, -0.25) is 9.36 Å². The zero-order valence-electron chi connectivity index (χ0n) is 11.7. The van der Waals surface area contributed by atoms with E-state index in [1.807, 2.05) is 0 Å². The van der Waals surface area contributed by atoms with Gasteiger partial charge in [0, 0.05) is 24.7 Å². The lowest BCUT2D eigenvalue weighted by molar-refractivity contribution is -0.120. The number of oxazole rings is 1. The smallest absolute Gasteiger partial charge is 0.408 e. The predicted octanol–water partition coefficient (Wildman–Crippen LogP) is 1.49. The van der Waals surface area contributed by atoms with Crippen molar-refractivity contribution in [3.8, 4) is 0 Å². The molecule has 0 aliphatic carbocycles. The van der Waals surface area contributed by atoms with Crippen LogP contribution in [0, 0.1) is 5.92 Å². The Morgan fingerprint density at radius 1 is 1.38 bits per heavy atom. The summed E-state index contributed by atoms with van der Waals surface area (Å²) in [7, 11) is 1.65. The van der Waals surface area contributed by atoms with E-state index in [4.69, 9.17) is 4.42 Å². The summed E-state index contributed by atoms with van der Waals surface area (Å²) in [5, 5.41) is 6.13. The Labute approximate surface area is 127 Å². The molecule has 1 aromatic heterocycles. The third-order valence-electron chi connectivity index (χ3n) is 3.77. The van der Waals surface area contributed by atoms with Crippen molar-refractivity contribution in [1.29, 1.82) is 0 Å². The maximum absolute atomic E-state index is 12.1. The summed E-state index contributed by atoms with van der Waals surface area (Å²) < 4.78 is 6.55. The van der Waals surface area contributed by atoms with Gasteiger partial charge in [0.15, 0.2) is 5.58 Å². The number of rotatable bonds is 2. The van der Waals surface area contributed by atoms with Gasteiger partial charge in [-0.2, -0.15) is 0 Å². The summed E-state index contributed by atoms with van der Waals surface area (Å²) in [6.45, 7) is 1.76. The highest BCUT2D eigenvalue weighted by Gasteiger charge is 2.21. The summed E-state index contributed by atoms with van der Waals surface area (Å²) in [5.74, 6) is -0.319. The van der Waals surface area contributed by atoms with E-state index >= 15 is 0 Å². The number of hydrogen-bond acceptors (Lipinski definition) is 4. The first-order valence-electron chi connectivity index (χ1n) is 6.76. The highest BCUT2D eigenvalue weighted by molar-refractivity contribution is 5.94. The molecule has 7 heteroatoms. The predicted molar refractivity (Wildman–Crippen MR) is 82.9 cm³/mol. The fraction of sp³-hybridized carbons (Fsp3) is 0.429. The fourth-order valence-corrected chi connectivity index (χ4v) is 2.54. The molecule has 2 N–H and O–H groups in total. The summed E-state index contributed by atoms with van der Waals surface area (Å²) in [6, 6.07) is 5.25. The molecule has 6 nitrogen and oxygen atoms in total. The normalized spacial score (nSPS) is 15.7. The quantitative estimate of drug-likeness (QED) is 0.881. The molecule has 0 radical (unpaired) electrons. The number of carbonyl (C=O) groups excluding carboxylic acids is 1. The molecular formula is C14H18ClN3O3. The second-order valence-electron chi connectivity index (χ2n) is 5.12. The van der Waals surface area contributed by atoms with Crippen LogP contribution >= 0.6 is 12.4 Å². The minimum absolute atomic E-state index is 0. The molecule has 2 heterocycles. The van der Waals surface area contributed by atoms with E-state index in [1.54, 1.807) is 25.2 Å². The third kappa shape index (κ3) is 3.11. The molecule has 1 aliphatic heterocycles. The standard InChI is InChI=1S/C14H17N3O3.ClH/c1-17-11-3-2-10(8-12(11)20-14(17)19)16-13(18)9-4-6-15-7-5-9;/h2-3,8-9,15H,4-7H2,1H3,(H,16,18);1H. The lowest BCUT2D eigenvalue weighted by Crippen LogP contribution is -2.34. The maximum Gasteiger partial charge on any atom is 0.419 e. The maximum atomic E-state index is 12.1. The molecular weight excluding hydrogens is 294 g/mol. The van der Waals surface area contributed by atoms with Crippen LogP contribution in [0.25, 0.3) is 11.1 Å². The van der Waals surface area contributed by atoms with Gasteiger partial charge in [-0.15, -0.1) is 12.4 Å². The van der Waals surface area contributed by atoms with Crippen LogP contribution in [0.15, 0.2) is 27.4 Å². The van der Waals surface area contributed by atoms with Gasteiger partial charge in [0.25, 0.3) is 0 Å². The highest BCUT2D eigenvalue weighted by atomic mass is 35.5. The van der Waals surface area contributed by atoms with Crippen LogP contribution in [-0.2, 0) is 11.8 Å². The second-order valence-corrected chi connectivity index (χ2v) is 5.12. The number of aromatic nitrogens is 1. The van der Waals surface area contributed by atoms with Crippen molar-refractivity contribution in [2.24, 2.45) is 13.0 Å². The Kier molecular flexibility index (Phi) is 4.69. The number of anilines is 1. The Hall–Kier alpha value is -1.79. The molecule has 1 amide bonds. The minimum Gasteiger partial charge on any atom is -0.408 e. The SMILES string of the molecule is Cl.Cn1c(=O)oc2cc(NC(=O)C3CCNCC3)ccc21. The molecule has 0 bridgehead atoms. The molecule has 21 heavy (non-hydrogen) atoms. The van der Waals surface area contributed by atoms with Crippen LogP contribution < -0.4 is 16.4 Å². The molecule has 1 saturated heterocycles. The monoisotopic (exact) mass is 311 g/mol. The molecule has 114 valence electrons. The first-order chi connectivity index (χ1) is 9.65. The Morgan fingerprint density at radius 3 is 2.81 bits per heavy atom. The van der Waals surface area contributed by atoms with E-state index in [0.717, 1.165) is 31.4 Å². The van der Waals surface area contributed by atoms with Crippen LogP contribution in [0.3, 0.4) is 0 Å². The topological polar surface area (TPSA) is 76.3 Å².